The van der Waals surface area contributed by atoms with Crippen molar-refractivity contribution in [1.29, 1.82) is 0 Å². The number of rotatable bonds is 7. The number of hydrogen-bond acceptors (Lipinski definition) is 7. The van der Waals surface area contributed by atoms with E-state index in [0.717, 1.165) is 0 Å². The number of fused-ring (bicyclic) bond motifs is 1. The first-order valence-electron chi connectivity index (χ1n) is 13.3. The Balaban J connectivity index is 2.15. The second-order valence-corrected chi connectivity index (χ2v) is 11.7. The van der Waals surface area contributed by atoms with Crippen molar-refractivity contribution in [1.82, 2.24) is 0 Å². The molecule has 0 heterocycles. The van der Waals surface area contributed by atoms with E-state index in [4.69, 9.17) is 14.2 Å². The Kier molecular flexibility index (Phi) is 8.25. The summed E-state index contributed by atoms with van der Waals surface area (Å²) in [5.74, 6) is -1.51. The molecule has 8 atom stereocenters. The van der Waals surface area contributed by atoms with Gasteiger partial charge in [-0.1, -0.05) is 39.0 Å². The van der Waals surface area contributed by atoms with E-state index in [0.29, 0.717) is 29.6 Å². The van der Waals surface area contributed by atoms with Gasteiger partial charge >= 0.3 is 17.9 Å². The summed E-state index contributed by atoms with van der Waals surface area (Å²) in [7, 11) is 0. The SMILES string of the molecule is C/C=C(/C)C(=O)OC[C@]1(C)[C@H]2[C@@H]3[C@H](C)CC(=O)[C@H]2[C@]3(C)C[C@H](OC(=O)/C(C)=C\C)[C@H]1OC(=O)/C(C)=C\C. The zero-order chi connectivity index (χ0) is 27.9. The van der Waals surface area contributed by atoms with E-state index in [-0.39, 0.29) is 36.1 Å². The van der Waals surface area contributed by atoms with Gasteiger partial charge in [-0.15, -0.1) is 0 Å². The molecule has 3 aliphatic carbocycles. The summed E-state index contributed by atoms with van der Waals surface area (Å²) in [5, 5.41) is 0. The third kappa shape index (κ3) is 4.82. The number of allylic oxidation sites excluding steroid dienone is 3. The molecule has 7 heteroatoms. The van der Waals surface area contributed by atoms with Crippen LogP contribution in [0.3, 0.4) is 0 Å². The molecule has 0 aromatic heterocycles. The minimum atomic E-state index is -0.947. The van der Waals surface area contributed by atoms with Gasteiger partial charge in [-0.2, -0.15) is 0 Å². The number of ketones is 1. The Morgan fingerprint density at radius 1 is 0.865 bits per heavy atom. The van der Waals surface area contributed by atoms with Gasteiger partial charge in [0.05, 0.1) is 0 Å². The van der Waals surface area contributed by atoms with E-state index in [1.54, 1.807) is 59.8 Å². The van der Waals surface area contributed by atoms with E-state index in [1.165, 1.54) is 0 Å². The van der Waals surface area contributed by atoms with E-state index < -0.39 is 40.9 Å². The van der Waals surface area contributed by atoms with Crippen LogP contribution in [0.4, 0.5) is 0 Å². The van der Waals surface area contributed by atoms with Crippen molar-refractivity contribution in [2.75, 3.05) is 6.61 Å². The third-order valence-corrected chi connectivity index (χ3v) is 9.36. The first-order chi connectivity index (χ1) is 17.3. The van der Waals surface area contributed by atoms with Gasteiger partial charge in [0.15, 0.2) is 0 Å². The van der Waals surface area contributed by atoms with Crippen molar-refractivity contribution in [3.8, 4) is 0 Å². The molecular weight excluding hydrogens is 472 g/mol. The lowest BCUT2D eigenvalue weighted by molar-refractivity contribution is -0.224. The van der Waals surface area contributed by atoms with E-state index in [2.05, 4.69) is 13.8 Å². The predicted molar refractivity (Wildman–Crippen MR) is 139 cm³/mol. The quantitative estimate of drug-likeness (QED) is 0.264. The summed E-state index contributed by atoms with van der Waals surface area (Å²) in [6, 6.07) is 0. The fraction of sp³-hybridized carbons (Fsp3) is 0.667. The summed E-state index contributed by atoms with van der Waals surface area (Å²) >= 11 is 0. The van der Waals surface area contributed by atoms with Crippen molar-refractivity contribution in [2.45, 2.75) is 87.4 Å². The number of ether oxygens (including phenoxy) is 3. The Hall–Kier alpha value is -2.70. The predicted octanol–water partition coefficient (Wildman–Crippen LogP) is 5.14. The molecule has 0 amide bonds. The molecule has 3 saturated carbocycles. The molecule has 4 bridgehead atoms. The number of esters is 3. The highest BCUT2D eigenvalue weighted by atomic mass is 16.6. The Morgan fingerprint density at radius 2 is 1.38 bits per heavy atom. The van der Waals surface area contributed by atoms with Crippen LogP contribution < -0.4 is 0 Å². The maximum Gasteiger partial charge on any atom is 0.333 e. The van der Waals surface area contributed by atoms with E-state index in [9.17, 15) is 19.2 Å². The lowest BCUT2D eigenvalue weighted by Gasteiger charge is -2.67. The Morgan fingerprint density at radius 3 is 1.89 bits per heavy atom. The molecule has 0 aromatic rings. The van der Waals surface area contributed by atoms with Gasteiger partial charge in [-0.25, -0.2) is 14.4 Å². The molecule has 7 nitrogen and oxygen atoms in total. The second-order valence-electron chi connectivity index (χ2n) is 11.7. The zero-order valence-corrected chi connectivity index (χ0v) is 23.7. The summed E-state index contributed by atoms with van der Waals surface area (Å²) in [5.41, 5.74) is -0.0256. The van der Waals surface area contributed by atoms with Gasteiger partial charge in [0.1, 0.15) is 24.6 Å². The first kappa shape index (κ1) is 28.9. The van der Waals surface area contributed by atoms with Gasteiger partial charge in [-0.3, -0.25) is 4.79 Å². The van der Waals surface area contributed by atoms with Crippen molar-refractivity contribution in [3.05, 3.63) is 34.9 Å². The van der Waals surface area contributed by atoms with Crippen LogP contribution in [0.5, 0.6) is 0 Å². The maximum absolute atomic E-state index is 13.4. The monoisotopic (exact) mass is 514 g/mol. The van der Waals surface area contributed by atoms with Crippen LogP contribution in [-0.2, 0) is 33.4 Å². The van der Waals surface area contributed by atoms with Crippen LogP contribution >= 0.6 is 0 Å². The number of carbonyl (C=O) groups is 4. The fourth-order valence-corrected chi connectivity index (χ4v) is 7.09. The van der Waals surface area contributed by atoms with Gasteiger partial charge < -0.3 is 14.2 Å². The van der Waals surface area contributed by atoms with Gasteiger partial charge in [-0.05, 0) is 71.1 Å². The summed E-state index contributed by atoms with van der Waals surface area (Å²) in [6.45, 7) is 16.3. The number of hydrogen-bond donors (Lipinski definition) is 0. The maximum atomic E-state index is 13.4. The smallest absolute Gasteiger partial charge is 0.333 e. The van der Waals surface area contributed by atoms with Crippen LogP contribution in [0.2, 0.25) is 0 Å². The molecule has 0 spiro atoms. The van der Waals surface area contributed by atoms with Crippen LogP contribution in [-0.4, -0.2) is 42.5 Å². The van der Waals surface area contributed by atoms with Crippen LogP contribution in [0.1, 0.15) is 75.2 Å². The summed E-state index contributed by atoms with van der Waals surface area (Å²) in [4.78, 5) is 52.2. The molecule has 0 N–H and O–H groups in total. The third-order valence-electron chi connectivity index (χ3n) is 9.36. The van der Waals surface area contributed by atoms with Crippen molar-refractivity contribution < 1.29 is 33.4 Å². The number of Topliss-reactive ketones (excluding diaryl/α,β-unsaturated/α-hetero) is 1. The highest BCUT2D eigenvalue weighted by Crippen LogP contribution is 2.73. The summed E-state index contributed by atoms with van der Waals surface area (Å²) < 4.78 is 18.0. The van der Waals surface area contributed by atoms with E-state index >= 15 is 0 Å². The molecule has 3 fully saturated rings. The lowest BCUT2D eigenvalue weighted by Crippen LogP contribution is -2.68. The first-order valence-corrected chi connectivity index (χ1v) is 13.3. The zero-order valence-electron chi connectivity index (χ0n) is 23.7. The largest absolute Gasteiger partial charge is 0.462 e. The molecular formula is C30H42O7. The van der Waals surface area contributed by atoms with Crippen LogP contribution in [0, 0.1) is 34.5 Å². The van der Waals surface area contributed by atoms with Gasteiger partial charge in [0.25, 0.3) is 0 Å². The highest BCUT2D eigenvalue weighted by molar-refractivity contribution is 5.89. The average molecular weight is 515 g/mol. The van der Waals surface area contributed by atoms with E-state index in [1.807, 2.05) is 6.92 Å². The molecule has 0 aromatic carbocycles. The minimum Gasteiger partial charge on any atom is -0.462 e. The van der Waals surface area contributed by atoms with Crippen LogP contribution in [0.15, 0.2) is 34.9 Å². The van der Waals surface area contributed by atoms with Crippen molar-refractivity contribution >= 4 is 23.7 Å². The molecule has 0 unspecified atom stereocenters. The van der Waals surface area contributed by atoms with Gasteiger partial charge in [0, 0.05) is 34.5 Å². The fourth-order valence-electron chi connectivity index (χ4n) is 7.09. The Labute approximate surface area is 220 Å². The van der Waals surface area contributed by atoms with Crippen molar-refractivity contribution in [2.24, 2.45) is 34.5 Å². The van der Waals surface area contributed by atoms with Gasteiger partial charge in [0.2, 0.25) is 0 Å². The molecule has 204 valence electrons. The van der Waals surface area contributed by atoms with Crippen molar-refractivity contribution in [3.63, 3.8) is 0 Å². The molecule has 3 aliphatic rings. The molecule has 37 heavy (non-hydrogen) atoms. The summed E-state index contributed by atoms with van der Waals surface area (Å²) in [6.07, 6.45) is 4.20. The number of carbonyl (C=O) groups excluding carboxylic acids is 4. The highest BCUT2D eigenvalue weighted by Gasteiger charge is 2.75. The normalized spacial score (nSPS) is 37.8. The average Bonchev–Trinajstić information content (AvgIpc) is 2.98. The van der Waals surface area contributed by atoms with Crippen LogP contribution in [0.25, 0.3) is 0 Å². The molecule has 0 aliphatic heterocycles. The molecule has 0 saturated heterocycles. The minimum absolute atomic E-state index is 0.0613. The molecule has 0 radical (unpaired) electrons. The standard InChI is InChI=1S/C30H42O7/c1-10-16(4)26(32)35-15-30(9)24-22-19(7)13-20(31)23(24)29(22,8)14-21(36-27(33)17(5)11-2)25(30)37-28(34)18(6)12-3/h10-12,19,21-25H,13-15H2,1-9H3/b16-10-,17-11-,18-12-/t19-,21+,22+,23-,24+,25-,29-,30-/m1/s1. The topological polar surface area (TPSA) is 96.0 Å². The lowest BCUT2D eigenvalue weighted by atomic mass is 9.35. The Bertz CT molecular complexity index is 1070. The molecule has 3 rings (SSSR count). The second kappa shape index (κ2) is 10.6.